The third-order valence-corrected chi connectivity index (χ3v) is 7.82. The van der Waals surface area contributed by atoms with Gasteiger partial charge in [0.1, 0.15) is 42.9 Å². The molecule has 2 N–H and O–H groups in total. The van der Waals surface area contributed by atoms with E-state index in [0.717, 1.165) is 0 Å². The number of amides is 1. The SMILES string of the molecule is CCC(=O)Nc1nc2c(ncn2[C@@H]2O[C@H](CO[P+](=O)OCc3cc(=O)oc4cc(OC)ccc34)[C@H]3OC(C)(C)O[C@H]32)c(=O)[nH]1. The van der Waals surface area contributed by atoms with Crippen LogP contribution < -0.4 is 21.2 Å². The van der Waals surface area contributed by atoms with Crippen molar-refractivity contribution < 1.29 is 41.8 Å². The van der Waals surface area contributed by atoms with Crippen molar-refractivity contribution in [2.45, 2.75) is 64.1 Å². The van der Waals surface area contributed by atoms with Gasteiger partial charge >= 0.3 is 13.9 Å². The number of benzene rings is 1. The molecule has 2 aliphatic heterocycles. The predicted molar refractivity (Wildman–Crippen MR) is 152 cm³/mol. The average molecular weight is 631 g/mol. The molecule has 232 valence electrons. The van der Waals surface area contributed by atoms with Gasteiger partial charge in [-0.15, -0.1) is 9.05 Å². The van der Waals surface area contributed by atoms with Gasteiger partial charge in [-0.3, -0.25) is 24.5 Å². The lowest BCUT2D eigenvalue weighted by Gasteiger charge is -2.24. The number of nitrogens with zero attached hydrogens (tertiary/aromatic N) is 3. The number of carbonyl (C=O) groups excluding carboxylic acids is 1. The van der Waals surface area contributed by atoms with Crippen LogP contribution in [0, 0.1) is 0 Å². The van der Waals surface area contributed by atoms with Gasteiger partial charge in [0.25, 0.3) is 5.56 Å². The number of rotatable bonds is 10. The van der Waals surface area contributed by atoms with Gasteiger partial charge in [0, 0.05) is 34.1 Å². The Hall–Kier alpha value is -4.05. The number of hydrogen-bond acceptors (Lipinski definition) is 13. The van der Waals surface area contributed by atoms with Crippen molar-refractivity contribution in [3.63, 3.8) is 0 Å². The Morgan fingerprint density at radius 3 is 2.75 bits per heavy atom. The number of anilines is 1. The standard InChI is InChI=1S/C27H28N5O11P/c1-5-18(33)29-26-30-23-20(24(35)31-26)28-12-32(23)25-22-21(42-27(2,3)43-22)17(41-25)11-39-44(36)38-10-13-8-19(34)40-16-9-14(37-4)6-7-15(13)16/h6-9,12,17,21-22,25H,5,10-11H2,1-4H3,(H-,29,30,31,33,35)/p+1/t17-,21-,22-,25-/m1/s1. The predicted octanol–water partition coefficient (Wildman–Crippen LogP) is 2.89. The van der Waals surface area contributed by atoms with E-state index in [4.69, 9.17) is 32.4 Å². The topological polar surface area (TPSA) is 195 Å². The Morgan fingerprint density at radius 2 is 1.98 bits per heavy atom. The molecule has 3 aromatic heterocycles. The number of hydrogen-bond donors (Lipinski definition) is 2. The van der Waals surface area contributed by atoms with Crippen LogP contribution >= 0.6 is 8.25 Å². The Labute approximate surface area is 249 Å². The molecular weight excluding hydrogens is 601 g/mol. The first kappa shape index (κ1) is 30.0. The molecule has 2 saturated heterocycles. The summed E-state index contributed by atoms with van der Waals surface area (Å²) in [6.45, 7) is 4.78. The van der Waals surface area contributed by atoms with Crippen LogP contribution in [-0.4, -0.2) is 63.2 Å². The number of ether oxygens (including phenoxy) is 4. The fraction of sp³-hybridized carbons (Fsp3) is 0.444. The molecular formula is C27H29N5O11P+. The van der Waals surface area contributed by atoms with Gasteiger partial charge in [-0.2, -0.15) is 4.98 Å². The lowest BCUT2D eigenvalue weighted by atomic mass is 10.1. The number of aromatic nitrogens is 4. The molecule has 2 fully saturated rings. The van der Waals surface area contributed by atoms with E-state index in [1.165, 1.54) is 24.1 Å². The maximum Gasteiger partial charge on any atom is 0.697 e. The second-order valence-corrected chi connectivity index (χ2v) is 11.5. The summed E-state index contributed by atoms with van der Waals surface area (Å²) in [6, 6.07) is 6.24. The van der Waals surface area contributed by atoms with Crippen molar-refractivity contribution in [3.8, 4) is 5.75 Å². The summed E-state index contributed by atoms with van der Waals surface area (Å²) in [4.78, 5) is 47.6. The maximum atomic E-state index is 12.7. The quantitative estimate of drug-likeness (QED) is 0.192. The molecule has 1 unspecified atom stereocenters. The normalized spacial score (nSPS) is 22.8. The summed E-state index contributed by atoms with van der Waals surface area (Å²) in [6.07, 6.45) is -1.35. The molecule has 5 atom stereocenters. The number of methoxy groups -OCH3 is 1. The number of nitrogens with one attached hydrogen (secondary N) is 2. The number of aromatic amines is 1. The van der Waals surface area contributed by atoms with Crippen molar-refractivity contribution in [1.82, 2.24) is 19.5 Å². The zero-order chi connectivity index (χ0) is 31.2. The summed E-state index contributed by atoms with van der Waals surface area (Å²) < 4.78 is 54.1. The first-order valence-electron chi connectivity index (χ1n) is 13.7. The Balaban J connectivity index is 1.17. The van der Waals surface area contributed by atoms with Crippen LogP contribution in [0.4, 0.5) is 5.95 Å². The summed E-state index contributed by atoms with van der Waals surface area (Å²) in [7, 11) is -1.15. The van der Waals surface area contributed by atoms with E-state index in [9.17, 15) is 18.9 Å². The third kappa shape index (κ3) is 5.87. The van der Waals surface area contributed by atoms with Gasteiger partial charge in [-0.05, 0) is 26.0 Å². The number of carbonyl (C=O) groups is 1. The number of fused-ring (bicyclic) bond motifs is 3. The van der Waals surface area contributed by atoms with Gasteiger partial charge in [0.05, 0.1) is 13.4 Å². The maximum absolute atomic E-state index is 12.7. The van der Waals surface area contributed by atoms with Crippen LogP contribution in [0.1, 0.15) is 39.0 Å². The first-order chi connectivity index (χ1) is 21.0. The van der Waals surface area contributed by atoms with Crippen LogP contribution in [0.25, 0.3) is 22.1 Å². The highest BCUT2D eigenvalue weighted by molar-refractivity contribution is 7.33. The first-order valence-corrected chi connectivity index (χ1v) is 14.8. The van der Waals surface area contributed by atoms with Crippen molar-refractivity contribution in [2.24, 2.45) is 0 Å². The molecule has 0 saturated carbocycles. The minimum Gasteiger partial charge on any atom is -0.497 e. The van der Waals surface area contributed by atoms with Crippen LogP contribution in [0.2, 0.25) is 0 Å². The van der Waals surface area contributed by atoms with E-state index in [-0.39, 0.29) is 42.7 Å². The van der Waals surface area contributed by atoms with Crippen LogP contribution in [-0.2, 0) is 39.2 Å². The number of imidazole rings is 1. The Kier molecular flexibility index (Phi) is 8.04. The molecule has 0 spiro atoms. The lowest BCUT2D eigenvalue weighted by Crippen LogP contribution is -2.32. The summed E-state index contributed by atoms with van der Waals surface area (Å²) in [5.74, 6) is -0.833. The van der Waals surface area contributed by atoms with E-state index in [1.807, 2.05) is 0 Å². The summed E-state index contributed by atoms with van der Waals surface area (Å²) >= 11 is 0. The van der Waals surface area contributed by atoms with Crippen molar-refractivity contribution in [2.75, 3.05) is 19.0 Å². The van der Waals surface area contributed by atoms with Crippen molar-refractivity contribution >= 4 is 42.2 Å². The highest BCUT2D eigenvalue weighted by Gasteiger charge is 2.57. The molecule has 0 aliphatic carbocycles. The zero-order valence-corrected chi connectivity index (χ0v) is 25.0. The molecule has 1 amide bonds. The molecule has 0 radical (unpaired) electrons. The number of H-pyrrole nitrogens is 1. The minimum atomic E-state index is -2.64. The minimum absolute atomic E-state index is 0.0355. The second kappa shape index (κ2) is 11.8. The van der Waals surface area contributed by atoms with E-state index in [2.05, 4.69) is 20.3 Å². The lowest BCUT2D eigenvalue weighted by molar-refractivity contribution is -0.199. The molecule has 6 rings (SSSR count). The van der Waals surface area contributed by atoms with Crippen molar-refractivity contribution in [1.29, 1.82) is 0 Å². The van der Waals surface area contributed by atoms with Crippen LogP contribution in [0.15, 0.2) is 44.6 Å². The summed E-state index contributed by atoms with van der Waals surface area (Å²) in [5.41, 5.74) is -0.189. The molecule has 2 aliphatic rings. The Bertz CT molecular complexity index is 1870. The Morgan fingerprint density at radius 1 is 1.18 bits per heavy atom. The highest BCUT2D eigenvalue weighted by Crippen LogP contribution is 2.44. The summed E-state index contributed by atoms with van der Waals surface area (Å²) in [5, 5.41) is 3.13. The van der Waals surface area contributed by atoms with Gasteiger partial charge < -0.3 is 23.4 Å². The molecule has 5 heterocycles. The van der Waals surface area contributed by atoms with Gasteiger partial charge in [-0.1, -0.05) is 6.92 Å². The van der Waals surface area contributed by atoms with Gasteiger partial charge in [-0.25, -0.2) is 9.78 Å². The molecule has 16 nitrogen and oxygen atoms in total. The molecule has 44 heavy (non-hydrogen) atoms. The molecule has 17 heteroatoms. The fourth-order valence-corrected chi connectivity index (χ4v) is 5.75. The van der Waals surface area contributed by atoms with Crippen LogP contribution in [0.3, 0.4) is 0 Å². The monoisotopic (exact) mass is 630 g/mol. The average Bonchev–Trinajstić information content (AvgIpc) is 3.64. The second-order valence-electron chi connectivity index (χ2n) is 10.5. The molecule has 1 aromatic carbocycles. The van der Waals surface area contributed by atoms with E-state index >= 15 is 0 Å². The molecule has 0 bridgehead atoms. The zero-order valence-electron chi connectivity index (χ0n) is 24.1. The van der Waals surface area contributed by atoms with Crippen molar-refractivity contribution in [3.05, 3.63) is 56.9 Å². The molecule has 4 aromatic rings. The van der Waals surface area contributed by atoms with E-state index in [1.54, 1.807) is 39.0 Å². The fourth-order valence-electron chi connectivity index (χ4n) is 5.16. The highest BCUT2D eigenvalue weighted by atomic mass is 31.1. The van der Waals surface area contributed by atoms with Gasteiger partial charge in [0.15, 0.2) is 23.2 Å². The largest absolute Gasteiger partial charge is 0.697 e. The smallest absolute Gasteiger partial charge is 0.497 e. The third-order valence-electron chi connectivity index (χ3n) is 7.12. The van der Waals surface area contributed by atoms with E-state index < -0.39 is 49.8 Å². The van der Waals surface area contributed by atoms with Crippen LogP contribution in [0.5, 0.6) is 5.75 Å². The van der Waals surface area contributed by atoms with E-state index in [0.29, 0.717) is 22.3 Å². The van der Waals surface area contributed by atoms with Gasteiger partial charge in [0.2, 0.25) is 11.9 Å².